The number of nitrogens with two attached hydrogens (primary N) is 1. The number of fused-ring (bicyclic) bond motifs is 2. The minimum atomic E-state index is -0.436. The Bertz CT molecular complexity index is 1290. The lowest BCUT2D eigenvalue weighted by Gasteiger charge is -2.21. The third-order valence-electron chi connectivity index (χ3n) is 6.01. The van der Waals surface area contributed by atoms with Gasteiger partial charge >= 0.3 is 0 Å². The normalized spacial score (nSPS) is 13.8. The lowest BCUT2D eigenvalue weighted by molar-refractivity contribution is 0.100. The van der Waals surface area contributed by atoms with Crippen molar-refractivity contribution in [2.24, 2.45) is 5.73 Å². The van der Waals surface area contributed by atoms with Crippen molar-refractivity contribution < 1.29 is 4.79 Å². The molecular formula is C24H26N6OS. The molecule has 32 heavy (non-hydrogen) atoms. The molecule has 0 radical (unpaired) electrons. The zero-order chi connectivity index (χ0) is 22.2. The molecule has 3 aromatic heterocycles. The predicted octanol–water partition coefficient (Wildman–Crippen LogP) is 4.27. The average molecular weight is 447 g/mol. The molecule has 5 rings (SSSR count). The molecule has 1 amide bonds. The van der Waals surface area contributed by atoms with Gasteiger partial charge in [-0.25, -0.2) is 0 Å². The van der Waals surface area contributed by atoms with E-state index in [1.165, 1.54) is 4.88 Å². The largest absolute Gasteiger partial charge is 0.366 e. The molecule has 1 aromatic carbocycles. The number of thiophene rings is 1. The summed E-state index contributed by atoms with van der Waals surface area (Å²) in [7, 11) is 2.09. The molecule has 0 saturated carbocycles. The van der Waals surface area contributed by atoms with E-state index < -0.39 is 5.91 Å². The molecule has 4 aromatic rings. The maximum Gasteiger partial charge on any atom is 0.249 e. The Balaban J connectivity index is 1.68. The van der Waals surface area contributed by atoms with Crippen LogP contribution in [0.15, 0.2) is 41.8 Å². The topological polar surface area (TPSA) is 89.1 Å². The summed E-state index contributed by atoms with van der Waals surface area (Å²) in [6, 6.07) is 11.8. The lowest BCUT2D eigenvalue weighted by atomic mass is 10.1. The highest BCUT2D eigenvalue weighted by Gasteiger charge is 2.22. The first-order chi connectivity index (χ1) is 15.5. The van der Waals surface area contributed by atoms with Crippen LogP contribution in [0.3, 0.4) is 0 Å². The highest BCUT2D eigenvalue weighted by Crippen LogP contribution is 2.32. The van der Waals surface area contributed by atoms with Gasteiger partial charge in [-0.2, -0.15) is 9.97 Å². The number of nitrogens with one attached hydrogen (secondary N) is 1. The van der Waals surface area contributed by atoms with E-state index in [-0.39, 0.29) is 0 Å². The van der Waals surface area contributed by atoms with Gasteiger partial charge in [0.2, 0.25) is 11.9 Å². The first-order valence-electron chi connectivity index (χ1n) is 10.8. The molecule has 0 aliphatic carbocycles. The van der Waals surface area contributed by atoms with Crippen LogP contribution in [0.25, 0.3) is 16.9 Å². The minimum Gasteiger partial charge on any atom is -0.366 e. The number of aryl methyl sites for hydroxylation is 1. The number of primary amides is 1. The third-order valence-corrected chi connectivity index (χ3v) is 6.89. The van der Waals surface area contributed by atoms with E-state index in [2.05, 4.69) is 34.8 Å². The molecule has 0 atom stereocenters. The number of rotatable bonds is 5. The van der Waals surface area contributed by atoms with Crippen molar-refractivity contribution >= 4 is 39.8 Å². The van der Waals surface area contributed by atoms with Gasteiger partial charge in [-0.3, -0.25) is 9.36 Å². The van der Waals surface area contributed by atoms with Crippen molar-refractivity contribution in [2.45, 2.75) is 32.7 Å². The SMILES string of the molecule is Cc1cc2c(C(N)=O)cccc2n1-c1nc(NCc2cccs2)c2c(n1)N(C)CCCC2. The van der Waals surface area contributed by atoms with Crippen molar-refractivity contribution in [3.63, 3.8) is 0 Å². The summed E-state index contributed by atoms with van der Waals surface area (Å²) in [6.45, 7) is 3.69. The van der Waals surface area contributed by atoms with Crippen LogP contribution in [-0.4, -0.2) is 34.0 Å². The molecule has 0 fully saturated rings. The molecule has 164 valence electrons. The maximum absolute atomic E-state index is 12.0. The molecule has 4 heterocycles. The van der Waals surface area contributed by atoms with Gasteiger partial charge in [-0.1, -0.05) is 12.1 Å². The van der Waals surface area contributed by atoms with Crippen molar-refractivity contribution in [2.75, 3.05) is 23.8 Å². The van der Waals surface area contributed by atoms with Crippen molar-refractivity contribution in [1.29, 1.82) is 0 Å². The van der Waals surface area contributed by atoms with Gasteiger partial charge in [0.15, 0.2) is 0 Å². The standard InChI is InChI=1S/C24H26N6OS/c1-15-13-19-17(21(25)31)9-5-10-20(19)30(15)24-27-22(26-14-16-7-6-12-32-16)18-8-3-4-11-29(2)23(18)28-24/h5-7,9-10,12-13H,3-4,8,11,14H2,1-2H3,(H2,25,31)(H,26,27,28). The number of benzene rings is 1. The van der Waals surface area contributed by atoms with Crippen LogP contribution in [0.1, 0.15) is 39.3 Å². The third kappa shape index (κ3) is 3.60. The molecule has 1 aliphatic heterocycles. The fourth-order valence-electron chi connectivity index (χ4n) is 4.44. The fourth-order valence-corrected chi connectivity index (χ4v) is 5.08. The zero-order valence-corrected chi connectivity index (χ0v) is 19.1. The summed E-state index contributed by atoms with van der Waals surface area (Å²) in [6.07, 6.45) is 3.19. The second kappa shape index (κ2) is 8.27. The second-order valence-electron chi connectivity index (χ2n) is 8.21. The lowest BCUT2D eigenvalue weighted by Crippen LogP contribution is -2.21. The number of anilines is 2. The number of amides is 1. The van der Waals surface area contributed by atoms with Gasteiger partial charge in [-0.05, 0) is 55.8 Å². The van der Waals surface area contributed by atoms with E-state index in [1.807, 2.05) is 29.7 Å². The van der Waals surface area contributed by atoms with Crippen molar-refractivity contribution in [1.82, 2.24) is 14.5 Å². The predicted molar refractivity (Wildman–Crippen MR) is 130 cm³/mol. The molecule has 0 spiro atoms. The summed E-state index contributed by atoms with van der Waals surface area (Å²) in [5.74, 6) is 2.00. The van der Waals surface area contributed by atoms with Crippen molar-refractivity contribution in [3.8, 4) is 5.95 Å². The van der Waals surface area contributed by atoms with E-state index >= 15 is 0 Å². The molecule has 1 aliphatic rings. The Morgan fingerprint density at radius 2 is 2.09 bits per heavy atom. The first-order valence-corrected chi connectivity index (χ1v) is 11.7. The van der Waals surface area contributed by atoms with E-state index in [0.717, 1.165) is 66.1 Å². The van der Waals surface area contributed by atoms with Crippen LogP contribution < -0.4 is 16.0 Å². The zero-order valence-electron chi connectivity index (χ0n) is 18.3. The number of carbonyl (C=O) groups is 1. The highest BCUT2D eigenvalue weighted by atomic mass is 32.1. The molecule has 3 N–H and O–H groups in total. The smallest absolute Gasteiger partial charge is 0.249 e. The van der Waals surface area contributed by atoms with Gasteiger partial charge in [0.1, 0.15) is 11.6 Å². The van der Waals surface area contributed by atoms with Gasteiger partial charge in [0, 0.05) is 40.7 Å². The summed E-state index contributed by atoms with van der Waals surface area (Å²) in [5, 5.41) is 6.47. The molecular weight excluding hydrogens is 420 g/mol. The summed E-state index contributed by atoms with van der Waals surface area (Å²) in [4.78, 5) is 25.4. The Morgan fingerprint density at radius 3 is 2.88 bits per heavy atom. The van der Waals surface area contributed by atoms with E-state index in [0.29, 0.717) is 11.5 Å². The van der Waals surface area contributed by atoms with Crippen molar-refractivity contribution in [3.05, 3.63) is 63.5 Å². The highest BCUT2D eigenvalue weighted by molar-refractivity contribution is 7.09. The Kier molecular flexibility index (Phi) is 5.30. The molecule has 0 saturated heterocycles. The second-order valence-corrected chi connectivity index (χ2v) is 9.24. The van der Waals surface area contributed by atoms with Crippen LogP contribution in [0.2, 0.25) is 0 Å². The van der Waals surface area contributed by atoms with Crippen LogP contribution >= 0.6 is 11.3 Å². The Morgan fingerprint density at radius 1 is 1.22 bits per heavy atom. The summed E-state index contributed by atoms with van der Waals surface area (Å²) in [5.41, 5.74) is 9.12. The number of nitrogens with zero attached hydrogens (tertiary/aromatic N) is 4. The van der Waals surface area contributed by atoms with Gasteiger partial charge in [-0.15, -0.1) is 11.3 Å². The minimum absolute atomic E-state index is 0.436. The average Bonchev–Trinajstić information content (AvgIpc) is 3.37. The van der Waals surface area contributed by atoms with Crippen LogP contribution in [0.4, 0.5) is 11.6 Å². The molecule has 0 bridgehead atoms. The van der Waals surface area contributed by atoms with E-state index in [1.54, 1.807) is 17.4 Å². The monoisotopic (exact) mass is 446 g/mol. The van der Waals surface area contributed by atoms with Gasteiger partial charge in [0.25, 0.3) is 0 Å². The van der Waals surface area contributed by atoms with Gasteiger partial charge < -0.3 is 16.0 Å². The summed E-state index contributed by atoms with van der Waals surface area (Å²) >= 11 is 1.73. The molecule has 7 nitrogen and oxygen atoms in total. The number of carbonyl (C=O) groups excluding carboxylic acids is 1. The quantitative estimate of drug-likeness (QED) is 0.478. The van der Waals surface area contributed by atoms with Crippen LogP contribution in [-0.2, 0) is 13.0 Å². The fraction of sp³-hybridized carbons (Fsp3) is 0.292. The van der Waals surface area contributed by atoms with Crippen LogP contribution in [0, 0.1) is 6.92 Å². The number of aromatic nitrogens is 3. The first kappa shape index (κ1) is 20.5. The Labute approximate surface area is 190 Å². The molecule has 8 heteroatoms. The number of hydrogen-bond donors (Lipinski definition) is 2. The summed E-state index contributed by atoms with van der Waals surface area (Å²) < 4.78 is 2.01. The Hall–Kier alpha value is -3.39. The van der Waals surface area contributed by atoms with Gasteiger partial charge in [0.05, 0.1) is 12.1 Å². The molecule has 0 unspecified atom stereocenters. The van der Waals surface area contributed by atoms with Crippen LogP contribution in [0.5, 0.6) is 0 Å². The maximum atomic E-state index is 12.0. The van der Waals surface area contributed by atoms with E-state index in [4.69, 9.17) is 15.7 Å². The van der Waals surface area contributed by atoms with E-state index in [9.17, 15) is 4.79 Å². The number of hydrogen-bond acceptors (Lipinski definition) is 6.